The molecule has 4 aromatic carbocycles. The molecule has 0 unspecified atom stereocenters. The maximum Gasteiger partial charge on any atom is 2.00 e. The Morgan fingerprint density at radius 1 is 0.564 bits per heavy atom. The van der Waals surface area contributed by atoms with Gasteiger partial charge in [-0.25, -0.2) is 0 Å². The van der Waals surface area contributed by atoms with Gasteiger partial charge in [0.1, 0.15) is 10.0 Å². The van der Waals surface area contributed by atoms with Gasteiger partial charge in [-0.3, -0.25) is 9.98 Å². The molecule has 298 valence electrons. The van der Waals surface area contributed by atoms with Gasteiger partial charge in [0, 0.05) is 0 Å². The summed E-state index contributed by atoms with van der Waals surface area (Å²) < 4.78 is 10.9. The average Bonchev–Trinajstić information content (AvgIpc) is 3.13. The zero-order chi connectivity index (χ0) is 40.3. The van der Waals surface area contributed by atoms with E-state index in [1.54, 1.807) is 0 Å². The van der Waals surface area contributed by atoms with Crippen molar-refractivity contribution in [2.75, 3.05) is 0 Å². The van der Waals surface area contributed by atoms with Crippen molar-refractivity contribution in [2.45, 2.75) is 106 Å². The maximum absolute atomic E-state index is 11.7. The number of hydrogen-bond acceptors (Lipinski definition) is 6. The fourth-order valence-electron chi connectivity index (χ4n) is 5.72. The zero-order valence-corrected chi connectivity index (χ0v) is 37.8. The van der Waals surface area contributed by atoms with Crippen LogP contribution >= 0.6 is 69.6 Å². The van der Waals surface area contributed by atoms with Crippen molar-refractivity contribution in [2.24, 2.45) is 9.98 Å². The van der Waals surface area contributed by atoms with E-state index in [2.05, 4.69) is 106 Å². The van der Waals surface area contributed by atoms with Crippen LogP contribution in [0.5, 0.6) is 34.5 Å². The standard InChI is InChI=1S/C30H44N2.C12H2Cl6O4.Ni/c1-11-12-28(32-30-18-25(20(4)5)14-16-27(30)22(8)9)23(10)31-29-17-24(19(2)3)13-15-26(29)21(6)7;13-1-2(14)4(16)10-9(3(1)15)21-11-5(17)7(19)8(20)6(18)12(11)22-10;/h13-22H,11-12H2,1-10H3;19-20H;/q;;+2/p-2. The number of halogens is 6. The molecule has 6 nitrogen and oxygen atoms in total. The molecule has 1 heterocycles. The zero-order valence-electron chi connectivity index (χ0n) is 32.3. The molecular formula is C42H44Cl6N2NiO4. The van der Waals surface area contributed by atoms with E-state index in [0.29, 0.717) is 23.7 Å². The molecule has 0 aliphatic carbocycles. The molecule has 1 aliphatic heterocycles. The first kappa shape index (κ1) is 47.0. The van der Waals surface area contributed by atoms with Gasteiger partial charge in [0.2, 0.25) is 0 Å². The van der Waals surface area contributed by atoms with Gasteiger partial charge in [-0.1, -0.05) is 174 Å². The third kappa shape index (κ3) is 10.4. The van der Waals surface area contributed by atoms with Crippen LogP contribution < -0.4 is 19.7 Å². The normalized spacial score (nSPS) is 12.6. The van der Waals surface area contributed by atoms with Crippen molar-refractivity contribution in [3.8, 4) is 34.5 Å². The predicted octanol–water partition coefficient (Wildman–Crippen LogP) is 15.5. The summed E-state index contributed by atoms with van der Waals surface area (Å²) in [6, 6.07) is 13.6. The number of fused-ring (bicyclic) bond motifs is 2. The number of aliphatic imine (C=N–C) groups is 2. The minimum atomic E-state index is -1.03. The monoisotopic (exact) mass is 908 g/mol. The maximum atomic E-state index is 11.7. The number of hydrogen-bond donors (Lipinski definition) is 0. The minimum absolute atomic E-state index is 0. The largest absolute Gasteiger partial charge is 2.00 e. The first-order chi connectivity index (χ1) is 25.3. The quantitative estimate of drug-likeness (QED) is 0.0638. The Bertz CT molecular complexity index is 1980. The summed E-state index contributed by atoms with van der Waals surface area (Å²) in [6.45, 7) is 22.3. The van der Waals surface area contributed by atoms with E-state index >= 15 is 0 Å². The van der Waals surface area contributed by atoms with Crippen LogP contribution in [0, 0.1) is 0 Å². The summed E-state index contributed by atoms with van der Waals surface area (Å²) >= 11 is 35.5. The Hall–Kier alpha value is -2.35. The Kier molecular flexibility index (Phi) is 17.0. The SMILES string of the molecule is CCCC(=Nc1cc(C(C)C)ccc1C(C)C)C(C)=Nc1cc(C(C)C)ccc1C(C)C.[Ni+2].[O-]c1c([O-])c(Cl)c2c(c1Cl)Oc1c(Cl)c(Cl)c(Cl)c(Cl)c1O2. The number of rotatable bonds is 9. The van der Waals surface area contributed by atoms with Gasteiger partial charge >= 0.3 is 16.5 Å². The van der Waals surface area contributed by atoms with Gasteiger partial charge < -0.3 is 19.7 Å². The molecule has 0 saturated carbocycles. The van der Waals surface area contributed by atoms with Crippen LogP contribution in [-0.2, 0) is 16.5 Å². The molecule has 0 amide bonds. The number of ether oxygens (including phenoxy) is 2. The molecule has 4 aromatic rings. The molecule has 13 heteroatoms. The molecule has 0 fully saturated rings. The predicted molar refractivity (Wildman–Crippen MR) is 226 cm³/mol. The molecular weight excluding hydrogens is 868 g/mol. The second-order valence-corrected chi connectivity index (χ2v) is 16.6. The van der Waals surface area contributed by atoms with E-state index in [4.69, 9.17) is 89.1 Å². The Labute approximate surface area is 365 Å². The van der Waals surface area contributed by atoms with Crippen LogP contribution in [0.25, 0.3) is 0 Å². The fourth-order valence-corrected chi connectivity index (χ4v) is 7.04. The first-order valence-corrected chi connectivity index (χ1v) is 20.1. The molecule has 0 bridgehead atoms. The van der Waals surface area contributed by atoms with E-state index < -0.39 is 21.5 Å². The van der Waals surface area contributed by atoms with Gasteiger partial charge in [0.05, 0.1) is 42.9 Å². The molecule has 0 radical (unpaired) electrons. The second-order valence-electron chi connectivity index (χ2n) is 14.3. The van der Waals surface area contributed by atoms with Crippen LogP contribution in [0.15, 0.2) is 46.4 Å². The van der Waals surface area contributed by atoms with E-state index in [1.807, 2.05) is 0 Å². The molecule has 0 spiro atoms. The van der Waals surface area contributed by atoms with Crippen molar-refractivity contribution in [1.29, 1.82) is 0 Å². The molecule has 0 aromatic heterocycles. The third-order valence-corrected chi connectivity index (χ3v) is 11.4. The van der Waals surface area contributed by atoms with Crippen molar-refractivity contribution >= 4 is 92.4 Å². The summed E-state index contributed by atoms with van der Waals surface area (Å²) in [7, 11) is 0. The van der Waals surface area contributed by atoms with Crippen molar-refractivity contribution < 1.29 is 36.2 Å². The van der Waals surface area contributed by atoms with Gasteiger partial charge in [-0.2, -0.15) is 0 Å². The average molecular weight is 912 g/mol. The summed E-state index contributed by atoms with van der Waals surface area (Å²) in [5.41, 5.74) is 9.60. The van der Waals surface area contributed by atoms with Crippen LogP contribution in [0.1, 0.15) is 128 Å². The summed E-state index contributed by atoms with van der Waals surface area (Å²) in [4.78, 5) is 10.4. The summed E-state index contributed by atoms with van der Waals surface area (Å²) in [5, 5.41) is 22.0. The van der Waals surface area contributed by atoms with E-state index in [9.17, 15) is 10.2 Å². The number of benzene rings is 4. The smallest absolute Gasteiger partial charge is 0.872 e. The third-order valence-electron chi connectivity index (χ3n) is 8.94. The Morgan fingerprint density at radius 2 is 0.927 bits per heavy atom. The van der Waals surface area contributed by atoms with E-state index in [1.165, 1.54) is 22.3 Å². The number of nitrogens with zero attached hydrogens (tertiary/aromatic N) is 2. The van der Waals surface area contributed by atoms with Crippen LogP contribution in [0.4, 0.5) is 11.4 Å². The van der Waals surface area contributed by atoms with Crippen LogP contribution in [0.2, 0.25) is 30.1 Å². The minimum Gasteiger partial charge on any atom is -0.872 e. The van der Waals surface area contributed by atoms with Crippen molar-refractivity contribution in [3.05, 3.63) is 88.8 Å². The molecule has 1 aliphatic rings. The first-order valence-electron chi connectivity index (χ1n) is 17.8. The van der Waals surface area contributed by atoms with Gasteiger partial charge in [-0.05, 0) is 71.4 Å². The summed E-state index contributed by atoms with van der Waals surface area (Å²) in [6.07, 6.45) is 1.98. The van der Waals surface area contributed by atoms with E-state index in [-0.39, 0.29) is 59.6 Å². The fraction of sp³-hybridized carbons (Fsp3) is 0.381. The van der Waals surface area contributed by atoms with Gasteiger partial charge in [-0.15, -0.1) is 0 Å². The van der Waals surface area contributed by atoms with Crippen LogP contribution in [0.3, 0.4) is 0 Å². The summed E-state index contributed by atoms with van der Waals surface area (Å²) in [5.74, 6) is -0.896. The second kappa shape index (κ2) is 19.9. The van der Waals surface area contributed by atoms with Crippen molar-refractivity contribution in [3.63, 3.8) is 0 Å². The van der Waals surface area contributed by atoms with E-state index in [0.717, 1.165) is 35.6 Å². The van der Waals surface area contributed by atoms with Gasteiger partial charge in [0.25, 0.3) is 0 Å². The molecule has 0 atom stereocenters. The molecule has 55 heavy (non-hydrogen) atoms. The topological polar surface area (TPSA) is 89.3 Å². The van der Waals surface area contributed by atoms with Crippen LogP contribution in [-0.4, -0.2) is 11.4 Å². The Balaban J connectivity index is 0.000000308. The molecule has 5 rings (SSSR count). The van der Waals surface area contributed by atoms with Gasteiger partial charge in [0.15, 0.2) is 23.0 Å². The molecule has 0 N–H and O–H groups in total. The Morgan fingerprint density at radius 3 is 1.27 bits per heavy atom. The molecule has 0 saturated heterocycles. The van der Waals surface area contributed by atoms with Crippen molar-refractivity contribution in [1.82, 2.24) is 0 Å².